The number of rotatable bonds is 9. The van der Waals surface area contributed by atoms with Crippen molar-refractivity contribution < 1.29 is 14.4 Å². The molecule has 0 radical (unpaired) electrons. The van der Waals surface area contributed by atoms with Crippen LogP contribution in [0.5, 0.6) is 0 Å². The van der Waals surface area contributed by atoms with Crippen LogP contribution in [0.4, 0.5) is 4.79 Å². The Balaban J connectivity index is 1.08. The van der Waals surface area contributed by atoms with Crippen molar-refractivity contribution in [2.75, 3.05) is 45.8 Å². The lowest BCUT2D eigenvalue weighted by molar-refractivity contribution is -0.131. The summed E-state index contributed by atoms with van der Waals surface area (Å²) < 4.78 is 0. The summed E-state index contributed by atoms with van der Waals surface area (Å²) in [4.78, 5) is 43.1. The molecule has 1 saturated carbocycles. The first-order valence-corrected chi connectivity index (χ1v) is 12.0. The normalized spacial score (nSPS) is 21.3. The minimum Gasteiger partial charge on any atom is -0.355 e. The highest BCUT2D eigenvalue weighted by Crippen LogP contribution is 2.35. The van der Waals surface area contributed by atoms with Crippen LogP contribution in [0.25, 0.3) is 0 Å². The van der Waals surface area contributed by atoms with Gasteiger partial charge >= 0.3 is 6.03 Å². The molecule has 32 heavy (non-hydrogen) atoms. The average molecular weight is 442 g/mol. The summed E-state index contributed by atoms with van der Waals surface area (Å²) in [6.07, 6.45) is 4.24. The van der Waals surface area contributed by atoms with Crippen molar-refractivity contribution >= 4 is 17.8 Å². The number of hydrogen-bond donors (Lipinski definition) is 2. The van der Waals surface area contributed by atoms with Crippen molar-refractivity contribution in [3.05, 3.63) is 35.9 Å². The second-order valence-corrected chi connectivity index (χ2v) is 9.23. The van der Waals surface area contributed by atoms with E-state index < -0.39 is 5.54 Å². The molecule has 174 valence electrons. The van der Waals surface area contributed by atoms with Gasteiger partial charge < -0.3 is 10.6 Å². The molecule has 1 aromatic carbocycles. The van der Waals surface area contributed by atoms with E-state index in [0.717, 1.165) is 65.0 Å². The van der Waals surface area contributed by atoms with E-state index in [1.165, 1.54) is 10.5 Å². The summed E-state index contributed by atoms with van der Waals surface area (Å²) in [5.74, 6) is -0.123. The zero-order valence-corrected chi connectivity index (χ0v) is 18.9. The van der Waals surface area contributed by atoms with Gasteiger partial charge in [-0.25, -0.2) is 4.79 Å². The lowest BCUT2D eigenvalue weighted by Crippen LogP contribution is -2.48. The maximum Gasteiger partial charge on any atom is 0.325 e. The minimum absolute atomic E-state index is 0.0182. The zero-order chi connectivity index (χ0) is 22.4. The number of imide groups is 1. The summed E-state index contributed by atoms with van der Waals surface area (Å²) in [7, 11) is 0. The zero-order valence-electron chi connectivity index (χ0n) is 18.9. The molecule has 3 aliphatic rings. The Morgan fingerprint density at radius 1 is 0.969 bits per heavy atom. The molecule has 8 heteroatoms. The average Bonchev–Trinajstić information content (AvgIpc) is 3.36. The van der Waals surface area contributed by atoms with E-state index in [9.17, 15) is 14.4 Å². The van der Waals surface area contributed by atoms with Crippen LogP contribution in [0, 0.1) is 0 Å². The van der Waals surface area contributed by atoms with E-state index in [2.05, 4.69) is 44.7 Å². The number of urea groups is 1. The summed E-state index contributed by atoms with van der Waals surface area (Å²) in [6.45, 7) is 6.87. The molecule has 0 aromatic heterocycles. The molecule has 2 heterocycles. The third-order valence-electron chi connectivity index (χ3n) is 6.95. The first-order valence-electron chi connectivity index (χ1n) is 12.0. The van der Waals surface area contributed by atoms with E-state index in [4.69, 9.17) is 0 Å². The lowest BCUT2D eigenvalue weighted by Gasteiger charge is -2.34. The first kappa shape index (κ1) is 22.7. The predicted octanol–water partition coefficient (Wildman–Crippen LogP) is 1.57. The van der Waals surface area contributed by atoms with E-state index >= 15 is 0 Å². The molecular weight excluding hydrogens is 406 g/mol. The molecule has 2 saturated heterocycles. The lowest BCUT2D eigenvalue weighted by atomic mass is 9.98. The van der Waals surface area contributed by atoms with E-state index in [0.29, 0.717) is 25.9 Å². The molecule has 2 aliphatic heterocycles. The molecule has 8 nitrogen and oxygen atoms in total. The molecule has 0 atom stereocenters. The molecular formula is C24H35N5O3. The Hall–Kier alpha value is -2.45. The molecule has 3 fully saturated rings. The van der Waals surface area contributed by atoms with Gasteiger partial charge in [-0.3, -0.25) is 24.3 Å². The van der Waals surface area contributed by atoms with E-state index in [1.807, 2.05) is 6.07 Å². The van der Waals surface area contributed by atoms with Crippen LogP contribution in [0.3, 0.4) is 0 Å². The Morgan fingerprint density at radius 2 is 1.66 bits per heavy atom. The van der Waals surface area contributed by atoms with Gasteiger partial charge in [0, 0.05) is 58.8 Å². The van der Waals surface area contributed by atoms with Crippen LogP contribution in [0.15, 0.2) is 30.3 Å². The largest absolute Gasteiger partial charge is 0.355 e. The van der Waals surface area contributed by atoms with Crippen molar-refractivity contribution in [1.29, 1.82) is 0 Å². The summed E-state index contributed by atoms with van der Waals surface area (Å²) >= 11 is 0. The van der Waals surface area contributed by atoms with Crippen molar-refractivity contribution in [2.24, 2.45) is 0 Å². The minimum atomic E-state index is -0.662. The van der Waals surface area contributed by atoms with E-state index in [1.54, 1.807) is 0 Å². The Bertz CT molecular complexity index is 801. The summed E-state index contributed by atoms with van der Waals surface area (Å²) in [6, 6.07) is 10.2. The number of hydrogen-bond acceptors (Lipinski definition) is 5. The van der Waals surface area contributed by atoms with Crippen LogP contribution < -0.4 is 10.6 Å². The SMILES string of the molecule is O=C(CCCN1C(=O)NC2(CCCC2)C1=O)NCCN1CCN(Cc2ccccc2)CC1. The Kier molecular flexibility index (Phi) is 7.42. The van der Waals surface area contributed by atoms with Crippen LogP contribution in [-0.2, 0) is 16.1 Å². The monoisotopic (exact) mass is 441 g/mol. The Morgan fingerprint density at radius 3 is 2.38 bits per heavy atom. The van der Waals surface area contributed by atoms with Crippen molar-refractivity contribution in [3.63, 3.8) is 0 Å². The van der Waals surface area contributed by atoms with Gasteiger partial charge in [0.1, 0.15) is 5.54 Å². The van der Waals surface area contributed by atoms with Gasteiger partial charge in [0.2, 0.25) is 5.91 Å². The highest BCUT2D eigenvalue weighted by atomic mass is 16.2. The number of nitrogens with zero attached hydrogens (tertiary/aromatic N) is 3. The molecule has 1 aliphatic carbocycles. The third-order valence-corrected chi connectivity index (χ3v) is 6.95. The van der Waals surface area contributed by atoms with Gasteiger partial charge in [0.15, 0.2) is 0 Å². The molecule has 2 N–H and O–H groups in total. The number of carbonyl (C=O) groups excluding carboxylic acids is 3. The Labute approximate surface area is 190 Å². The van der Waals surface area contributed by atoms with Crippen LogP contribution in [0.1, 0.15) is 44.1 Å². The van der Waals surface area contributed by atoms with Gasteiger partial charge in [0.25, 0.3) is 5.91 Å². The van der Waals surface area contributed by atoms with Crippen LogP contribution in [0.2, 0.25) is 0 Å². The highest BCUT2D eigenvalue weighted by Gasteiger charge is 2.52. The maximum atomic E-state index is 12.6. The number of carbonyl (C=O) groups is 3. The van der Waals surface area contributed by atoms with Gasteiger partial charge in [-0.15, -0.1) is 0 Å². The summed E-state index contributed by atoms with van der Waals surface area (Å²) in [5.41, 5.74) is 0.685. The van der Waals surface area contributed by atoms with Crippen LogP contribution >= 0.6 is 0 Å². The standard InChI is InChI=1S/C24H35N5O3/c30-21(9-6-13-29-22(31)24(26-23(29)32)10-4-5-11-24)25-12-14-27-15-17-28(18-16-27)19-20-7-2-1-3-8-20/h1-3,7-8H,4-6,9-19H2,(H,25,30)(H,26,32). The molecule has 0 unspecified atom stereocenters. The quantitative estimate of drug-likeness (QED) is 0.568. The molecule has 1 aromatic rings. The molecule has 0 bridgehead atoms. The number of piperazine rings is 1. The number of amides is 4. The van der Waals surface area contributed by atoms with Gasteiger partial charge in [-0.05, 0) is 24.8 Å². The molecule has 4 amide bonds. The fourth-order valence-corrected chi connectivity index (χ4v) is 5.05. The van der Waals surface area contributed by atoms with Crippen molar-refractivity contribution in [1.82, 2.24) is 25.3 Å². The highest BCUT2D eigenvalue weighted by molar-refractivity contribution is 6.07. The second kappa shape index (κ2) is 10.4. The fourth-order valence-electron chi connectivity index (χ4n) is 5.05. The van der Waals surface area contributed by atoms with Gasteiger partial charge in [-0.2, -0.15) is 0 Å². The maximum absolute atomic E-state index is 12.6. The second-order valence-electron chi connectivity index (χ2n) is 9.23. The van der Waals surface area contributed by atoms with Gasteiger partial charge in [0.05, 0.1) is 0 Å². The number of nitrogens with one attached hydrogen (secondary N) is 2. The topological polar surface area (TPSA) is 85.0 Å². The predicted molar refractivity (Wildman–Crippen MR) is 122 cm³/mol. The smallest absolute Gasteiger partial charge is 0.325 e. The van der Waals surface area contributed by atoms with Crippen molar-refractivity contribution in [2.45, 2.75) is 50.6 Å². The van der Waals surface area contributed by atoms with Crippen LogP contribution in [-0.4, -0.2) is 83.9 Å². The summed E-state index contributed by atoms with van der Waals surface area (Å²) in [5, 5.41) is 5.86. The van der Waals surface area contributed by atoms with Crippen molar-refractivity contribution in [3.8, 4) is 0 Å². The third kappa shape index (κ3) is 5.48. The van der Waals surface area contributed by atoms with Gasteiger partial charge in [-0.1, -0.05) is 43.2 Å². The fraction of sp³-hybridized carbons (Fsp3) is 0.625. The first-order chi connectivity index (χ1) is 15.6. The number of benzene rings is 1. The molecule has 1 spiro atoms. The van der Waals surface area contributed by atoms with E-state index in [-0.39, 0.29) is 17.8 Å². The molecule has 4 rings (SSSR count).